The summed E-state index contributed by atoms with van der Waals surface area (Å²) in [6.45, 7) is 3.56. The van der Waals surface area contributed by atoms with Crippen molar-refractivity contribution in [3.05, 3.63) is 33.3 Å². The zero-order valence-corrected chi connectivity index (χ0v) is 18.5. The fourth-order valence-corrected chi connectivity index (χ4v) is 5.21. The molecule has 4 heteroatoms. The highest BCUT2D eigenvalue weighted by Gasteiger charge is 2.29. The van der Waals surface area contributed by atoms with E-state index in [1.165, 1.54) is 51.5 Å². The van der Waals surface area contributed by atoms with Gasteiger partial charge < -0.3 is 14.6 Å². The number of nitrogens with one attached hydrogen (secondary N) is 1. The van der Waals surface area contributed by atoms with Crippen molar-refractivity contribution in [2.24, 2.45) is 11.8 Å². The highest BCUT2D eigenvalue weighted by molar-refractivity contribution is 5.63. The SMILES string of the molecule is O=c1[nH]c2c(c(OC3CCN(CC4CC4)CC3)c1CCCCCC1CC1)C=CCC2. The van der Waals surface area contributed by atoms with Crippen molar-refractivity contribution in [2.45, 2.75) is 89.6 Å². The van der Waals surface area contributed by atoms with E-state index in [2.05, 4.69) is 22.0 Å². The molecule has 1 aromatic heterocycles. The van der Waals surface area contributed by atoms with Gasteiger partial charge >= 0.3 is 0 Å². The molecule has 30 heavy (non-hydrogen) atoms. The highest BCUT2D eigenvalue weighted by Crippen LogP contribution is 2.35. The number of rotatable bonds is 10. The number of hydrogen-bond donors (Lipinski definition) is 1. The Morgan fingerprint density at radius 3 is 2.57 bits per heavy atom. The van der Waals surface area contributed by atoms with Crippen molar-refractivity contribution in [3.63, 3.8) is 0 Å². The number of aryl methyl sites for hydroxylation is 1. The summed E-state index contributed by atoms with van der Waals surface area (Å²) < 4.78 is 6.64. The Morgan fingerprint density at radius 2 is 1.80 bits per heavy atom. The van der Waals surface area contributed by atoms with Crippen LogP contribution < -0.4 is 10.3 Å². The quantitative estimate of drug-likeness (QED) is 0.546. The maximum atomic E-state index is 12.9. The van der Waals surface area contributed by atoms with E-state index in [1.807, 2.05) is 0 Å². The maximum Gasteiger partial charge on any atom is 0.255 e. The van der Waals surface area contributed by atoms with Gasteiger partial charge in [-0.2, -0.15) is 0 Å². The van der Waals surface area contributed by atoms with Crippen LogP contribution in [0.5, 0.6) is 5.75 Å². The second kappa shape index (κ2) is 9.30. The van der Waals surface area contributed by atoms with Crippen molar-refractivity contribution in [3.8, 4) is 5.75 Å². The molecule has 1 aliphatic heterocycles. The first kappa shape index (κ1) is 20.4. The molecule has 3 fully saturated rings. The van der Waals surface area contributed by atoms with E-state index in [9.17, 15) is 4.79 Å². The number of H-pyrrole nitrogens is 1. The molecule has 1 N–H and O–H groups in total. The van der Waals surface area contributed by atoms with Crippen molar-refractivity contribution in [1.82, 2.24) is 9.88 Å². The summed E-state index contributed by atoms with van der Waals surface area (Å²) in [6.07, 6.45) is 20.3. The number of hydrogen-bond acceptors (Lipinski definition) is 3. The fourth-order valence-electron chi connectivity index (χ4n) is 5.21. The first-order valence-electron chi connectivity index (χ1n) is 12.6. The van der Waals surface area contributed by atoms with Crippen LogP contribution in [0.25, 0.3) is 6.08 Å². The number of ether oxygens (including phenoxy) is 1. The van der Waals surface area contributed by atoms with Gasteiger partial charge in [0.2, 0.25) is 0 Å². The lowest BCUT2D eigenvalue weighted by atomic mass is 9.97. The number of likely N-dealkylation sites (tertiary alicyclic amines) is 1. The molecule has 164 valence electrons. The largest absolute Gasteiger partial charge is 0.489 e. The maximum absolute atomic E-state index is 12.9. The van der Waals surface area contributed by atoms with E-state index in [0.29, 0.717) is 0 Å². The third kappa shape index (κ3) is 5.19. The highest BCUT2D eigenvalue weighted by atomic mass is 16.5. The molecule has 3 aliphatic carbocycles. The summed E-state index contributed by atoms with van der Waals surface area (Å²) in [5.41, 5.74) is 3.20. The van der Waals surface area contributed by atoms with Crippen molar-refractivity contribution in [1.29, 1.82) is 0 Å². The summed E-state index contributed by atoms with van der Waals surface area (Å²) in [5, 5.41) is 0. The number of nitrogens with zero attached hydrogens (tertiary/aromatic N) is 1. The lowest BCUT2D eigenvalue weighted by molar-refractivity contribution is 0.0967. The average molecular weight is 411 g/mol. The van der Waals surface area contributed by atoms with E-state index < -0.39 is 0 Å². The molecule has 0 bridgehead atoms. The zero-order chi connectivity index (χ0) is 20.3. The molecule has 0 aromatic carbocycles. The Hall–Kier alpha value is -1.55. The number of pyridine rings is 1. The lowest BCUT2D eigenvalue weighted by Crippen LogP contribution is -2.39. The molecule has 4 aliphatic rings. The van der Waals surface area contributed by atoms with Crippen LogP contribution in [0, 0.1) is 11.8 Å². The van der Waals surface area contributed by atoms with Gasteiger partial charge in [0.15, 0.2) is 0 Å². The predicted octanol–water partition coefficient (Wildman–Crippen LogP) is 5.10. The predicted molar refractivity (Wildman–Crippen MR) is 122 cm³/mol. The molecule has 0 amide bonds. The van der Waals surface area contributed by atoms with Crippen molar-refractivity contribution >= 4 is 6.08 Å². The van der Waals surface area contributed by atoms with Gasteiger partial charge in [0.25, 0.3) is 5.56 Å². The van der Waals surface area contributed by atoms with Crippen LogP contribution in [-0.2, 0) is 12.8 Å². The Bertz CT molecular complexity index is 811. The Balaban J connectivity index is 1.25. The smallest absolute Gasteiger partial charge is 0.255 e. The standard InChI is InChI=1S/C26H38N2O2/c29-26-23(8-3-1-2-6-19-10-11-19)25(22-7-4-5-9-24(22)27-26)30-21-14-16-28(17-15-21)18-20-12-13-20/h4,7,19-21H,1-3,5-6,8-18H2,(H,27,29). The van der Waals surface area contributed by atoms with Crippen molar-refractivity contribution in [2.75, 3.05) is 19.6 Å². The molecule has 2 heterocycles. The van der Waals surface area contributed by atoms with Gasteiger partial charge in [-0.15, -0.1) is 0 Å². The molecule has 5 rings (SSSR count). The van der Waals surface area contributed by atoms with Crippen LogP contribution >= 0.6 is 0 Å². The molecular weight excluding hydrogens is 372 g/mol. The lowest BCUT2D eigenvalue weighted by Gasteiger charge is -2.33. The topological polar surface area (TPSA) is 45.3 Å². The number of aromatic amines is 1. The Kier molecular flexibility index (Phi) is 6.31. The first-order valence-corrected chi connectivity index (χ1v) is 12.6. The van der Waals surface area contributed by atoms with E-state index >= 15 is 0 Å². The normalized spacial score (nSPS) is 22.3. The van der Waals surface area contributed by atoms with E-state index in [-0.39, 0.29) is 11.7 Å². The first-order chi connectivity index (χ1) is 14.8. The minimum atomic E-state index is 0.0902. The van der Waals surface area contributed by atoms with Gasteiger partial charge in [-0.05, 0) is 63.2 Å². The molecule has 1 aromatic rings. The zero-order valence-electron chi connectivity index (χ0n) is 18.5. The van der Waals surface area contributed by atoms with Crippen LogP contribution in [0.1, 0.15) is 87.4 Å². The van der Waals surface area contributed by atoms with Gasteiger partial charge in [0, 0.05) is 30.9 Å². The Labute approximate surface area is 181 Å². The molecule has 0 unspecified atom stereocenters. The summed E-state index contributed by atoms with van der Waals surface area (Å²) in [5.74, 6) is 2.87. The fraction of sp³-hybridized carbons (Fsp3) is 0.731. The minimum absolute atomic E-state index is 0.0902. The number of fused-ring (bicyclic) bond motifs is 1. The van der Waals surface area contributed by atoms with Gasteiger partial charge in [-0.1, -0.05) is 44.3 Å². The molecule has 0 spiro atoms. The van der Waals surface area contributed by atoms with Crippen LogP contribution in [-0.4, -0.2) is 35.6 Å². The molecule has 0 atom stereocenters. The third-order valence-electron chi connectivity index (χ3n) is 7.50. The second-order valence-electron chi connectivity index (χ2n) is 10.2. The summed E-state index contributed by atoms with van der Waals surface area (Å²) in [4.78, 5) is 18.7. The van der Waals surface area contributed by atoms with Crippen molar-refractivity contribution < 1.29 is 4.74 Å². The second-order valence-corrected chi connectivity index (χ2v) is 10.2. The molecular formula is C26H38N2O2. The van der Waals surface area contributed by atoms with E-state index in [1.54, 1.807) is 0 Å². The number of allylic oxidation sites excluding steroid dienone is 1. The van der Waals surface area contributed by atoms with E-state index in [4.69, 9.17) is 4.74 Å². The van der Waals surface area contributed by atoms with Crippen LogP contribution in [0.4, 0.5) is 0 Å². The van der Waals surface area contributed by atoms with Gasteiger partial charge in [-0.25, -0.2) is 0 Å². The van der Waals surface area contributed by atoms with Crippen LogP contribution in [0.3, 0.4) is 0 Å². The van der Waals surface area contributed by atoms with Gasteiger partial charge in [0.05, 0.1) is 5.56 Å². The van der Waals surface area contributed by atoms with Crippen LogP contribution in [0.2, 0.25) is 0 Å². The van der Waals surface area contributed by atoms with Crippen LogP contribution in [0.15, 0.2) is 10.9 Å². The summed E-state index contributed by atoms with van der Waals surface area (Å²) in [7, 11) is 0. The number of piperidine rings is 1. The average Bonchev–Trinajstić information content (AvgIpc) is 3.67. The molecule has 0 radical (unpaired) electrons. The minimum Gasteiger partial charge on any atom is -0.489 e. The number of unbranched alkanes of at least 4 members (excludes halogenated alkanes) is 2. The molecule has 4 nitrogen and oxygen atoms in total. The number of aromatic nitrogens is 1. The monoisotopic (exact) mass is 410 g/mol. The summed E-state index contributed by atoms with van der Waals surface area (Å²) in [6, 6.07) is 0. The van der Waals surface area contributed by atoms with E-state index in [0.717, 1.165) is 86.0 Å². The summed E-state index contributed by atoms with van der Waals surface area (Å²) >= 11 is 0. The van der Waals surface area contributed by atoms with Gasteiger partial charge in [0.1, 0.15) is 11.9 Å². The Morgan fingerprint density at radius 1 is 1.00 bits per heavy atom. The molecule has 2 saturated carbocycles. The third-order valence-corrected chi connectivity index (χ3v) is 7.50. The van der Waals surface area contributed by atoms with Gasteiger partial charge in [-0.3, -0.25) is 4.79 Å². The molecule has 1 saturated heterocycles.